The van der Waals surface area contributed by atoms with E-state index in [1.54, 1.807) is 24.3 Å². The van der Waals surface area contributed by atoms with Crippen LogP contribution in [0, 0.1) is 0 Å². The van der Waals surface area contributed by atoms with E-state index in [0.29, 0.717) is 16.9 Å². The zero-order valence-corrected chi connectivity index (χ0v) is 17.5. The maximum atomic E-state index is 12.2. The summed E-state index contributed by atoms with van der Waals surface area (Å²) in [6.07, 6.45) is 1.67. The highest BCUT2D eigenvalue weighted by Gasteiger charge is 2.19. The molecule has 0 aromatic heterocycles. The van der Waals surface area contributed by atoms with E-state index >= 15 is 0 Å². The number of anilines is 1. The van der Waals surface area contributed by atoms with Gasteiger partial charge in [0.15, 0.2) is 6.61 Å². The Hall–Kier alpha value is -3.81. The van der Waals surface area contributed by atoms with Gasteiger partial charge in [-0.3, -0.25) is 20.4 Å². The molecule has 31 heavy (non-hydrogen) atoms. The van der Waals surface area contributed by atoms with Gasteiger partial charge in [-0.2, -0.15) is 0 Å². The highest BCUT2D eigenvalue weighted by molar-refractivity contribution is 5.97. The van der Waals surface area contributed by atoms with Crippen molar-refractivity contribution in [2.45, 2.75) is 13.8 Å². The first-order valence-electron chi connectivity index (χ1n) is 10.1. The molecule has 162 valence electrons. The van der Waals surface area contributed by atoms with Crippen molar-refractivity contribution in [3.8, 4) is 5.75 Å². The molecule has 0 radical (unpaired) electrons. The number of fused-ring (bicyclic) bond motifs is 1. The fourth-order valence-electron chi connectivity index (χ4n) is 3.10. The number of rotatable bonds is 7. The number of hydrogen-bond donors (Lipinski definition) is 2. The van der Waals surface area contributed by atoms with Crippen LogP contribution in [0.5, 0.6) is 5.75 Å². The number of ether oxygens (including phenoxy) is 2. The normalized spacial score (nSPS) is 12.0. The van der Waals surface area contributed by atoms with E-state index in [1.807, 2.05) is 30.3 Å². The van der Waals surface area contributed by atoms with Gasteiger partial charge in [0.25, 0.3) is 11.8 Å². The first-order chi connectivity index (χ1) is 15.0. The molecule has 2 N–H and O–H groups in total. The Kier molecular flexibility index (Phi) is 7.26. The molecule has 8 heteroatoms. The Balaban J connectivity index is 1.45. The van der Waals surface area contributed by atoms with Crippen molar-refractivity contribution >= 4 is 29.5 Å². The standard InChI is InChI=1S/C23H25N3O5/c1-3-26(4-2)19-11-9-16(10-12-19)22(28)25-24-21(27)15-31-23(29)18-13-17-7-5-6-8-20(17)30-14-18/h5-13H,3-4,14-15H2,1-2H3,(H,24,27)(H,25,28). The van der Waals surface area contributed by atoms with Gasteiger partial charge in [0.2, 0.25) is 0 Å². The molecule has 0 spiro atoms. The summed E-state index contributed by atoms with van der Waals surface area (Å²) in [6, 6.07) is 14.4. The van der Waals surface area contributed by atoms with Crippen LogP contribution in [0.4, 0.5) is 5.69 Å². The molecule has 3 rings (SSSR count). The summed E-state index contributed by atoms with van der Waals surface area (Å²) in [5.41, 5.74) is 7.04. The van der Waals surface area contributed by atoms with Crippen molar-refractivity contribution in [1.29, 1.82) is 0 Å². The zero-order chi connectivity index (χ0) is 22.2. The molecular formula is C23H25N3O5. The lowest BCUT2D eigenvalue weighted by Crippen LogP contribution is -2.43. The largest absolute Gasteiger partial charge is 0.488 e. The maximum Gasteiger partial charge on any atom is 0.338 e. The predicted octanol–water partition coefficient (Wildman–Crippen LogP) is 2.31. The van der Waals surface area contributed by atoms with Crippen LogP contribution in [0.25, 0.3) is 6.08 Å². The SMILES string of the molecule is CCN(CC)c1ccc(C(=O)NNC(=O)COC(=O)C2=Cc3ccccc3OC2)cc1. The fourth-order valence-corrected chi connectivity index (χ4v) is 3.10. The van der Waals surface area contributed by atoms with Crippen LogP contribution in [0.15, 0.2) is 54.1 Å². The summed E-state index contributed by atoms with van der Waals surface area (Å²) in [5, 5.41) is 0. The molecule has 0 fully saturated rings. The van der Waals surface area contributed by atoms with E-state index in [0.717, 1.165) is 24.3 Å². The number of benzene rings is 2. The molecule has 1 heterocycles. The lowest BCUT2D eigenvalue weighted by Gasteiger charge is -2.21. The minimum atomic E-state index is -0.654. The average molecular weight is 423 g/mol. The third-order valence-electron chi connectivity index (χ3n) is 4.80. The summed E-state index contributed by atoms with van der Waals surface area (Å²) in [4.78, 5) is 38.4. The smallest absolute Gasteiger partial charge is 0.338 e. The number of esters is 1. The number of amides is 2. The van der Waals surface area contributed by atoms with Gasteiger partial charge < -0.3 is 14.4 Å². The van der Waals surface area contributed by atoms with E-state index in [4.69, 9.17) is 9.47 Å². The monoisotopic (exact) mass is 423 g/mol. The molecule has 2 aromatic carbocycles. The summed E-state index contributed by atoms with van der Waals surface area (Å²) in [7, 11) is 0. The lowest BCUT2D eigenvalue weighted by atomic mass is 10.1. The number of nitrogens with one attached hydrogen (secondary N) is 2. The van der Waals surface area contributed by atoms with Gasteiger partial charge in [-0.1, -0.05) is 18.2 Å². The van der Waals surface area contributed by atoms with E-state index in [9.17, 15) is 14.4 Å². The number of para-hydroxylation sites is 1. The van der Waals surface area contributed by atoms with Crippen molar-refractivity contribution in [2.75, 3.05) is 31.2 Å². The zero-order valence-electron chi connectivity index (χ0n) is 17.5. The number of hydrogen-bond acceptors (Lipinski definition) is 6. The first-order valence-corrected chi connectivity index (χ1v) is 10.1. The molecular weight excluding hydrogens is 398 g/mol. The van der Waals surface area contributed by atoms with Gasteiger partial charge >= 0.3 is 5.97 Å². The van der Waals surface area contributed by atoms with Crippen molar-refractivity contribution < 1.29 is 23.9 Å². The minimum absolute atomic E-state index is 0.0672. The van der Waals surface area contributed by atoms with Crippen LogP contribution < -0.4 is 20.5 Å². The Morgan fingerprint density at radius 3 is 2.42 bits per heavy atom. The van der Waals surface area contributed by atoms with Crippen LogP contribution in [-0.4, -0.2) is 44.1 Å². The van der Waals surface area contributed by atoms with Gasteiger partial charge in [-0.25, -0.2) is 4.79 Å². The van der Waals surface area contributed by atoms with E-state index in [-0.39, 0.29) is 6.61 Å². The number of carbonyl (C=O) groups is 3. The van der Waals surface area contributed by atoms with Crippen molar-refractivity contribution in [2.24, 2.45) is 0 Å². The Bertz CT molecular complexity index is 981. The fraction of sp³-hybridized carbons (Fsp3) is 0.261. The first kappa shape index (κ1) is 21.9. The van der Waals surface area contributed by atoms with Gasteiger partial charge in [-0.05, 0) is 50.3 Å². The van der Waals surface area contributed by atoms with E-state index in [2.05, 4.69) is 29.6 Å². The van der Waals surface area contributed by atoms with E-state index in [1.165, 1.54) is 0 Å². The van der Waals surface area contributed by atoms with Crippen molar-refractivity contribution in [3.63, 3.8) is 0 Å². The Morgan fingerprint density at radius 2 is 1.71 bits per heavy atom. The van der Waals surface area contributed by atoms with Gasteiger partial charge in [0.1, 0.15) is 12.4 Å². The summed E-state index contributed by atoms with van der Waals surface area (Å²) >= 11 is 0. The highest BCUT2D eigenvalue weighted by Crippen LogP contribution is 2.26. The molecule has 8 nitrogen and oxygen atoms in total. The van der Waals surface area contributed by atoms with Crippen LogP contribution in [0.2, 0.25) is 0 Å². The molecule has 0 saturated heterocycles. The van der Waals surface area contributed by atoms with Gasteiger partial charge in [-0.15, -0.1) is 0 Å². The minimum Gasteiger partial charge on any atom is -0.488 e. The second kappa shape index (κ2) is 10.3. The highest BCUT2D eigenvalue weighted by atomic mass is 16.5. The summed E-state index contributed by atoms with van der Waals surface area (Å²) in [6.45, 7) is 5.39. The lowest BCUT2D eigenvalue weighted by molar-refractivity contribution is -0.145. The van der Waals surface area contributed by atoms with Crippen LogP contribution in [0.1, 0.15) is 29.8 Å². The van der Waals surface area contributed by atoms with Crippen LogP contribution >= 0.6 is 0 Å². The van der Waals surface area contributed by atoms with Gasteiger partial charge in [0, 0.05) is 29.9 Å². The summed E-state index contributed by atoms with van der Waals surface area (Å²) < 4.78 is 10.5. The van der Waals surface area contributed by atoms with Gasteiger partial charge in [0.05, 0.1) is 5.57 Å². The van der Waals surface area contributed by atoms with Crippen LogP contribution in [0.3, 0.4) is 0 Å². The second-order valence-electron chi connectivity index (χ2n) is 6.79. The quantitative estimate of drug-likeness (QED) is 0.524. The topological polar surface area (TPSA) is 97.0 Å². The number of carbonyl (C=O) groups excluding carboxylic acids is 3. The maximum absolute atomic E-state index is 12.2. The summed E-state index contributed by atoms with van der Waals surface area (Å²) in [5.74, 6) is -1.09. The molecule has 2 amide bonds. The Labute approximate surface area is 180 Å². The Morgan fingerprint density at radius 1 is 1.00 bits per heavy atom. The van der Waals surface area contributed by atoms with Crippen LogP contribution in [-0.2, 0) is 14.3 Å². The second-order valence-corrected chi connectivity index (χ2v) is 6.79. The number of hydrazine groups is 1. The molecule has 2 aromatic rings. The molecule has 1 aliphatic heterocycles. The molecule has 0 unspecified atom stereocenters. The molecule has 0 atom stereocenters. The van der Waals surface area contributed by atoms with E-state index < -0.39 is 24.4 Å². The third-order valence-corrected chi connectivity index (χ3v) is 4.80. The predicted molar refractivity (Wildman–Crippen MR) is 116 cm³/mol. The third kappa shape index (κ3) is 5.63. The molecule has 0 aliphatic carbocycles. The number of nitrogens with zero attached hydrogens (tertiary/aromatic N) is 1. The molecule has 0 saturated carbocycles. The molecule has 0 bridgehead atoms. The van der Waals surface area contributed by atoms with Crippen molar-refractivity contribution in [1.82, 2.24) is 10.9 Å². The molecule has 1 aliphatic rings. The average Bonchev–Trinajstić information content (AvgIpc) is 2.81. The van der Waals surface area contributed by atoms with Crippen molar-refractivity contribution in [3.05, 3.63) is 65.2 Å².